The maximum atomic E-state index is 13.7. The van der Waals surface area contributed by atoms with Crippen molar-refractivity contribution < 1.29 is 14.3 Å². The van der Waals surface area contributed by atoms with Gasteiger partial charge in [-0.1, -0.05) is 72.8 Å². The predicted molar refractivity (Wildman–Crippen MR) is 117 cm³/mol. The van der Waals surface area contributed by atoms with Gasteiger partial charge in [-0.2, -0.15) is 0 Å². The summed E-state index contributed by atoms with van der Waals surface area (Å²) in [4.78, 5) is 26.2. The van der Waals surface area contributed by atoms with Gasteiger partial charge in [-0.15, -0.1) is 0 Å². The molecule has 30 heavy (non-hydrogen) atoms. The third kappa shape index (κ3) is 4.58. The van der Waals surface area contributed by atoms with Crippen LogP contribution in [0.2, 0.25) is 0 Å². The number of ether oxygens (including phenoxy) is 1. The van der Waals surface area contributed by atoms with Crippen LogP contribution in [0.5, 0.6) is 5.75 Å². The zero-order chi connectivity index (χ0) is 21.6. The molecule has 0 heterocycles. The van der Waals surface area contributed by atoms with Crippen LogP contribution in [0, 0.1) is 0 Å². The highest BCUT2D eigenvalue weighted by Crippen LogP contribution is 2.30. The molecule has 0 aliphatic carbocycles. The lowest BCUT2D eigenvalue weighted by atomic mass is 9.78. The summed E-state index contributed by atoms with van der Waals surface area (Å²) >= 11 is 0. The summed E-state index contributed by atoms with van der Waals surface area (Å²) in [5.41, 5.74) is 6.72. The number of ketones is 1. The van der Waals surface area contributed by atoms with Crippen LogP contribution in [0.25, 0.3) is 0 Å². The van der Waals surface area contributed by atoms with Crippen molar-refractivity contribution in [3.63, 3.8) is 0 Å². The van der Waals surface area contributed by atoms with E-state index in [1.807, 2.05) is 84.9 Å². The molecule has 3 aromatic carbocycles. The molecule has 0 saturated carbocycles. The number of carbonyl (C=O) groups is 2. The van der Waals surface area contributed by atoms with Gasteiger partial charge in [0.05, 0.1) is 13.0 Å². The molecule has 0 fully saturated rings. The number of carbonyl (C=O) groups excluding carboxylic acids is 2. The van der Waals surface area contributed by atoms with Crippen molar-refractivity contribution in [3.8, 4) is 5.75 Å². The summed E-state index contributed by atoms with van der Waals surface area (Å²) in [5, 5.41) is 3.10. The Labute approximate surface area is 176 Å². The Kier molecular flexibility index (Phi) is 6.65. The van der Waals surface area contributed by atoms with Gasteiger partial charge < -0.3 is 10.5 Å². The van der Waals surface area contributed by atoms with E-state index < -0.39 is 17.4 Å². The van der Waals surface area contributed by atoms with Crippen molar-refractivity contribution in [1.29, 1.82) is 0 Å². The first-order chi connectivity index (χ1) is 14.5. The number of hydrogen-bond donors (Lipinski definition) is 2. The lowest BCUT2D eigenvalue weighted by Crippen LogP contribution is -2.60. The van der Waals surface area contributed by atoms with Gasteiger partial charge in [-0.25, -0.2) is 0 Å². The molecule has 1 amide bonds. The minimum Gasteiger partial charge on any atom is -0.497 e. The third-order valence-electron chi connectivity index (χ3n) is 5.32. The molecule has 0 aromatic heterocycles. The fraction of sp³-hybridized carbons (Fsp3) is 0.200. The van der Waals surface area contributed by atoms with Crippen molar-refractivity contribution in [3.05, 3.63) is 102 Å². The molecule has 3 N–H and O–H groups in total. The van der Waals surface area contributed by atoms with Gasteiger partial charge in [0.15, 0.2) is 11.3 Å². The minimum absolute atomic E-state index is 0.291. The second kappa shape index (κ2) is 9.37. The lowest BCUT2D eigenvalue weighted by Gasteiger charge is -2.31. The van der Waals surface area contributed by atoms with Crippen LogP contribution in [0.15, 0.2) is 84.9 Å². The number of amides is 1. The molecule has 0 saturated heterocycles. The quantitative estimate of drug-likeness (QED) is 0.537. The molecule has 0 aliphatic heterocycles. The standard InChI is InChI=1S/C25H26N2O3/c1-25(24(26)29,27-17-18-13-15-21(30-2)16-14-18)23(28)22(19-9-5-3-6-10-19)20-11-7-4-8-12-20/h3-16,22,27H,17H2,1-2H3,(H2,26,29)/t25-/m1/s1. The number of primary amides is 1. The van der Waals surface area contributed by atoms with Crippen molar-refractivity contribution >= 4 is 11.7 Å². The molecule has 0 unspecified atom stereocenters. The monoisotopic (exact) mass is 402 g/mol. The summed E-state index contributed by atoms with van der Waals surface area (Å²) < 4.78 is 5.17. The van der Waals surface area contributed by atoms with Crippen molar-refractivity contribution in [1.82, 2.24) is 5.32 Å². The topological polar surface area (TPSA) is 81.4 Å². The van der Waals surface area contributed by atoms with E-state index in [0.29, 0.717) is 6.54 Å². The van der Waals surface area contributed by atoms with Crippen LogP contribution in [-0.2, 0) is 16.1 Å². The van der Waals surface area contributed by atoms with Crippen LogP contribution in [-0.4, -0.2) is 24.3 Å². The molecule has 0 bridgehead atoms. The number of rotatable bonds is 9. The molecule has 0 radical (unpaired) electrons. The minimum atomic E-state index is -1.55. The number of hydrogen-bond acceptors (Lipinski definition) is 4. The number of benzene rings is 3. The van der Waals surface area contributed by atoms with Gasteiger partial charge in [0.25, 0.3) is 0 Å². The van der Waals surface area contributed by atoms with E-state index in [1.54, 1.807) is 14.0 Å². The van der Waals surface area contributed by atoms with Crippen LogP contribution in [0.1, 0.15) is 29.5 Å². The second-order valence-corrected chi connectivity index (χ2v) is 7.31. The molecule has 0 spiro atoms. The molecule has 0 aliphatic rings. The average Bonchev–Trinajstić information content (AvgIpc) is 2.79. The summed E-state index contributed by atoms with van der Waals surface area (Å²) in [6.07, 6.45) is 0. The Morgan fingerprint density at radius 1 is 0.900 bits per heavy atom. The van der Waals surface area contributed by atoms with Crippen molar-refractivity contribution in [2.45, 2.75) is 24.9 Å². The van der Waals surface area contributed by atoms with Gasteiger partial charge in [0.2, 0.25) is 5.91 Å². The van der Waals surface area contributed by atoms with E-state index in [1.165, 1.54) is 0 Å². The molecular formula is C25H26N2O3. The maximum Gasteiger partial charge on any atom is 0.245 e. The Bertz CT molecular complexity index is 948. The van der Waals surface area contributed by atoms with Gasteiger partial charge in [0, 0.05) is 6.54 Å². The highest BCUT2D eigenvalue weighted by molar-refractivity contribution is 6.13. The first kappa shape index (κ1) is 21.3. The SMILES string of the molecule is COc1ccc(CN[C@@](C)(C(N)=O)C(=O)C(c2ccccc2)c2ccccc2)cc1. The predicted octanol–water partition coefficient (Wildman–Crippen LogP) is 3.43. The van der Waals surface area contributed by atoms with Crippen LogP contribution in [0.3, 0.4) is 0 Å². The molecule has 154 valence electrons. The van der Waals surface area contributed by atoms with Gasteiger partial charge >= 0.3 is 0 Å². The van der Waals surface area contributed by atoms with Crippen molar-refractivity contribution in [2.75, 3.05) is 7.11 Å². The summed E-state index contributed by atoms with van der Waals surface area (Å²) in [7, 11) is 1.60. The highest BCUT2D eigenvalue weighted by Gasteiger charge is 2.43. The molecule has 3 rings (SSSR count). The van der Waals surface area contributed by atoms with Crippen molar-refractivity contribution in [2.24, 2.45) is 5.73 Å². The second-order valence-electron chi connectivity index (χ2n) is 7.31. The third-order valence-corrected chi connectivity index (χ3v) is 5.32. The molecule has 5 heteroatoms. The Morgan fingerprint density at radius 2 is 1.40 bits per heavy atom. The van der Waals surface area contributed by atoms with E-state index in [0.717, 1.165) is 22.4 Å². The number of methoxy groups -OCH3 is 1. The Hall–Kier alpha value is -3.44. The van der Waals surface area contributed by atoms with Crippen LogP contribution in [0.4, 0.5) is 0 Å². The van der Waals surface area contributed by atoms with E-state index in [4.69, 9.17) is 10.5 Å². The summed E-state index contributed by atoms with van der Waals surface area (Å²) in [6, 6.07) is 26.3. The van der Waals surface area contributed by atoms with E-state index >= 15 is 0 Å². The molecule has 1 atom stereocenters. The molecular weight excluding hydrogens is 376 g/mol. The van der Waals surface area contributed by atoms with Crippen LogP contribution < -0.4 is 15.8 Å². The number of Topliss-reactive ketones (excluding diaryl/α,β-unsaturated/α-hetero) is 1. The molecule has 3 aromatic rings. The van der Waals surface area contributed by atoms with E-state index in [2.05, 4.69) is 5.32 Å². The fourth-order valence-corrected chi connectivity index (χ4v) is 3.39. The van der Waals surface area contributed by atoms with E-state index in [9.17, 15) is 9.59 Å². The normalized spacial score (nSPS) is 12.9. The highest BCUT2D eigenvalue weighted by atomic mass is 16.5. The Balaban J connectivity index is 1.93. The zero-order valence-electron chi connectivity index (χ0n) is 17.2. The first-order valence-corrected chi connectivity index (χ1v) is 9.78. The van der Waals surface area contributed by atoms with Gasteiger partial charge in [0.1, 0.15) is 5.75 Å². The zero-order valence-corrected chi connectivity index (χ0v) is 17.2. The first-order valence-electron chi connectivity index (χ1n) is 9.78. The number of nitrogens with two attached hydrogens (primary N) is 1. The van der Waals surface area contributed by atoms with E-state index in [-0.39, 0.29) is 5.78 Å². The molecule has 5 nitrogen and oxygen atoms in total. The summed E-state index contributed by atoms with van der Waals surface area (Å²) in [6.45, 7) is 1.87. The lowest BCUT2D eigenvalue weighted by molar-refractivity contribution is -0.135. The largest absolute Gasteiger partial charge is 0.497 e. The Morgan fingerprint density at radius 3 is 1.83 bits per heavy atom. The van der Waals surface area contributed by atoms with Gasteiger partial charge in [-0.05, 0) is 35.7 Å². The van der Waals surface area contributed by atoms with Crippen LogP contribution >= 0.6 is 0 Å². The fourth-order valence-electron chi connectivity index (χ4n) is 3.39. The summed E-state index contributed by atoms with van der Waals surface area (Å²) in [5.74, 6) is -0.882. The number of nitrogens with one attached hydrogen (secondary N) is 1. The smallest absolute Gasteiger partial charge is 0.245 e. The van der Waals surface area contributed by atoms with Gasteiger partial charge in [-0.3, -0.25) is 14.9 Å². The average molecular weight is 402 g/mol. The maximum absolute atomic E-state index is 13.7.